The molecular formula is C19H21N3O4. The number of non-ortho nitro benzene ring substituents is 1. The first kappa shape index (κ1) is 15.7. The molecule has 2 aromatic rings. The van der Waals surface area contributed by atoms with Gasteiger partial charge in [0.1, 0.15) is 0 Å². The highest BCUT2D eigenvalue weighted by molar-refractivity contribution is 5.58. The van der Waals surface area contributed by atoms with Gasteiger partial charge in [-0.1, -0.05) is 31.7 Å². The van der Waals surface area contributed by atoms with Gasteiger partial charge < -0.3 is 10.4 Å². The third-order valence-corrected chi connectivity index (χ3v) is 6.77. The van der Waals surface area contributed by atoms with E-state index in [0.717, 1.165) is 40.8 Å². The van der Waals surface area contributed by atoms with Crippen molar-refractivity contribution >= 4 is 5.69 Å². The fourth-order valence-electron chi connectivity index (χ4n) is 5.90. The second-order valence-electron chi connectivity index (χ2n) is 7.92. The molecule has 0 aliphatic heterocycles. The molecule has 1 aromatic carbocycles. The molecule has 1 heterocycles. The quantitative estimate of drug-likeness (QED) is 0.292. The lowest BCUT2D eigenvalue weighted by Crippen LogP contribution is -2.37. The Morgan fingerprint density at radius 2 is 1.88 bits per heavy atom. The monoisotopic (exact) mass is 355 g/mol. The van der Waals surface area contributed by atoms with E-state index < -0.39 is 4.92 Å². The van der Waals surface area contributed by atoms with E-state index in [1.54, 1.807) is 12.1 Å². The highest BCUT2D eigenvalue weighted by atomic mass is 16.6. The first-order valence-electron chi connectivity index (χ1n) is 9.40. The van der Waals surface area contributed by atoms with Crippen molar-refractivity contribution in [1.29, 1.82) is 0 Å². The first-order chi connectivity index (χ1) is 12.6. The molecule has 0 saturated heterocycles. The number of fused-ring (bicyclic) bond motifs is 3. The fourth-order valence-corrected chi connectivity index (χ4v) is 5.90. The van der Waals surface area contributed by atoms with Gasteiger partial charge >= 0.3 is 5.82 Å². The average molecular weight is 355 g/mol. The summed E-state index contributed by atoms with van der Waals surface area (Å²) in [6.45, 7) is 0. The van der Waals surface area contributed by atoms with Gasteiger partial charge in [0.2, 0.25) is 0 Å². The van der Waals surface area contributed by atoms with E-state index in [1.165, 1.54) is 25.0 Å². The van der Waals surface area contributed by atoms with E-state index in [2.05, 4.69) is 0 Å². The number of nitro groups is 1. The Labute approximate surface area is 150 Å². The average Bonchev–Trinajstić information content (AvgIpc) is 3.11. The molecule has 26 heavy (non-hydrogen) atoms. The summed E-state index contributed by atoms with van der Waals surface area (Å²) >= 11 is 0. The van der Waals surface area contributed by atoms with Crippen LogP contribution in [0.4, 0.5) is 5.69 Å². The maximum absolute atomic E-state index is 13.2. The molecular weight excluding hydrogens is 334 g/mol. The molecule has 7 nitrogen and oxygen atoms in total. The smallest absolute Gasteiger partial charge is 0.331 e. The van der Waals surface area contributed by atoms with Crippen LogP contribution in [0.2, 0.25) is 0 Å². The van der Waals surface area contributed by atoms with Crippen LogP contribution < -0.4 is 4.73 Å². The molecule has 5 rings (SSSR count). The van der Waals surface area contributed by atoms with E-state index in [4.69, 9.17) is 0 Å². The van der Waals surface area contributed by atoms with Crippen molar-refractivity contribution < 1.29 is 14.9 Å². The molecule has 0 unspecified atom stereocenters. The van der Waals surface area contributed by atoms with Gasteiger partial charge in [-0.05, 0) is 35.5 Å². The largest absolute Gasteiger partial charge is 0.710 e. The van der Waals surface area contributed by atoms with Crippen molar-refractivity contribution in [3.8, 4) is 11.4 Å². The Balaban J connectivity index is 1.67. The van der Waals surface area contributed by atoms with Crippen LogP contribution in [-0.4, -0.2) is 14.9 Å². The van der Waals surface area contributed by atoms with Gasteiger partial charge in [-0.25, -0.2) is 4.73 Å². The lowest BCUT2D eigenvalue weighted by molar-refractivity contribution is -0.604. The lowest BCUT2D eigenvalue weighted by Gasteiger charge is -2.40. The number of nitrogens with zero attached hydrogens (tertiary/aromatic N) is 3. The number of nitro benzene ring substituents is 1. The van der Waals surface area contributed by atoms with Crippen LogP contribution in [0.1, 0.15) is 61.7 Å². The van der Waals surface area contributed by atoms with Gasteiger partial charge in [0.25, 0.3) is 5.69 Å². The topological polar surface area (TPSA) is 95.2 Å². The Kier molecular flexibility index (Phi) is 3.29. The summed E-state index contributed by atoms with van der Waals surface area (Å²) in [5.74, 6) is 1.66. The zero-order valence-electron chi connectivity index (χ0n) is 14.4. The number of rotatable bonds is 2. The molecule has 0 spiro atoms. The standard InChI is InChI=1S/C19H21N3O4/c23-20-17-14-8-2-4-11-5-3-9-15(16(11)14)18(17)21(24)19(20)12-6-1-7-13(10-12)22(25)26/h1,6-7,10-11,14-16,23H,2-5,8-9H2/t11-,14+,15+,16+/m1/s1. The molecule has 0 radical (unpaired) electrons. The van der Waals surface area contributed by atoms with E-state index in [1.807, 2.05) is 0 Å². The van der Waals surface area contributed by atoms with Gasteiger partial charge in [0, 0.05) is 24.0 Å². The predicted octanol–water partition coefficient (Wildman–Crippen LogP) is 3.72. The molecule has 0 amide bonds. The molecule has 2 saturated carbocycles. The molecule has 2 fully saturated rings. The fraction of sp³-hybridized carbons (Fsp3) is 0.526. The zero-order valence-corrected chi connectivity index (χ0v) is 14.4. The number of aromatic nitrogens is 2. The summed E-state index contributed by atoms with van der Waals surface area (Å²) in [5.41, 5.74) is 1.75. The maximum atomic E-state index is 13.2. The van der Waals surface area contributed by atoms with E-state index >= 15 is 0 Å². The van der Waals surface area contributed by atoms with Gasteiger partial charge in [-0.15, -0.1) is 0 Å². The summed E-state index contributed by atoms with van der Waals surface area (Å²) in [7, 11) is 0. The first-order valence-corrected chi connectivity index (χ1v) is 9.40. The van der Waals surface area contributed by atoms with Crippen LogP contribution in [0.3, 0.4) is 0 Å². The van der Waals surface area contributed by atoms with Crippen molar-refractivity contribution in [2.45, 2.75) is 50.4 Å². The number of hydrogen-bond donors (Lipinski definition) is 1. The Hall–Kier alpha value is -2.57. The normalized spacial score (nSPS) is 29.2. The van der Waals surface area contributed by atoms with Crippen molar-refractivity contribution in [2.24, 2.45) is 11.8 Å². The summed E-state index contributed by atoms with van der Waals surface area (Å²) in [4.78, 5) is 10.6. The van der Waals surface area contributed by atoms with Crippen molar-refractivity contribution in [3.63, 3.8) is 0 Å². The summed E-state index contributed by atoms with van der Waals surface area (Å²) in [6, 6.07) is 5.93. The summed E-state index contributed by atoms with van der Waals surface area (Å²) < 4.78 is 1.88. The van der Waals surface area contributed by atoms with Crippen LogP contribution in [-0.2, 0) is 0 Å². The minimum atomic E-state index is -0.486. The van der Waals surface area contributed by atoms with Gasteiger partial charge in [0.05, 0.1) is 10.5 Å². The maximum Gasteiger partial charge on any atom is 0.331 e. The highest BCUT2D eigenvalue weighted by Gasteiger charge is 2.55. The predicted molar refractivity (Wildman–Crippen MR) is 92.8 cm³/mol. The number of imidazole rings is 1. The van der Waals surface area contributed by atoms with Crippen molar-refractivity contribution in [1.82, 2.24) is 4.73 Å². The molecule has 0 bridgehead atoms. The Morgan fingerprint density at radius 3 is 2.62 bits per heavy atom. The molecule has 1 aromatic heterocycles. The zero-order chi connectivity index (χ0) is 18.0. The van der Waals surface area contributed by atoms with Crippen LogP contribution in [0.25, 0.3) is 11.4 Å². The van der Waals surface area contributed by atoms with Gasteiger partial charge in [-0.3, -0.25) is 10.1 Å². The second kappa shape index (κ2) is 5.46. The van der Waals surface area contributed by atoms with Crippen LogP contribution in [0.15, 0.2) is 24.3 Å². The van der Waals surface area contributed by atoms with Crippen LogP contribution in [0.5, 0.6) is 0 Å². The Bertz CT molecular complexity index is 865. The molecule has 7 heteroatoms. The van der Waals surface area contributed by atoms with E-state index in [-0.39, 0.29) is 23.3 Å². The minimum absolute atomic E-state index is 0.0860. The SMILES string of the molecule is O=[N+]([O-])c1cccc(-c2n(O)c3c([n+]2[O-])[C@H]2CCC[C@H]4CCC[C@H]3[C@H]42)c1. The summed E-state index contributed by atoms with van der Waals surface area (Å²) in [6.07, 6.45) is 6.71. The van der Waals surface area contributed by atoms with E-state index in [0.29, 0.717) is 23.1 Å². The molecule has 4 atom stereocenters. The third-order valence-electron chi connectivity index (χ3n) is 6.77. The van der Waals surface area contributed by atoms with E-state index in [9.17, 15) is 20.5 Å². The minimum Gasteiger partial charge on any atom is -0.710 e. The van der Waals surface area contributed by atoms with Crippen molar-refractivity contribution in [2.75, 3.05) is 0 Å². The molecule has 3 aliphatic rings. The molecule has 3 aliphatic carbocycles. The number of benzene rings is 1. The lowest BCUT2D eigenvalue weighted by atomic mass is 9.64. The van der Waals surface area contributed by atoms with Crippen molar-refractivity contribution in [3.05, 3.63) is 51.0 Å². The molecule has 136 valence electrons. The third kappa shape index (κ3) is 1.97. The van der Waals surface area contributed by atoms with Gasteiger partial charge in [0.15, 0.2) is 11.4 Å². The van der Waals surface area contributed by atoms with Crippen LogP contribution in [0, 0.1) is 27.2 Å². The highest BCUT2D eigenvalue weighted by Crippen LogP contribution is 2.59. The number of hydrogen-bond acceptors (Lipinski definition) is 4. The summed E-state index contributed by atoms with van der Waals surface area (Å²) in [5, 5.41) is 35.1. The Morgan fingerprint density at radius 1 is 1.15 bits per heavy atom. The van der Waals surface area contributed by atoms with Crippen LogP contribution >= 0.6 is 0 Å². The second-order valence-corrected chi connectivity index (χ2v) is 7.92. The van der Waals surface area contributed by atoms with Gasteiger partial charge in [-0.2, -0.15) is 0 Å². The molecule has 1 N–H and O–H groups in total.